The summed E-state index contributed by atoms with van der Waals surface area (Å²) in [6.07, 6.45) is 4.40. The Labute approximate surface area is 173 Å². The summed E-state index contributed by atoms with van der Waals surface area (Å²) in [5, 5.41) is 5.61. The van der Waals surface area contributed by atoms with Crippen molar-refractivity contribution in [3.8, 4) is 5.88 Å². The first-order valence-electron chi connectivity index (χ1n) is 9.17. The van der Waals surface area contributed by atoms with Crippen LogP contribution in [0.3, 0.4) is 0 Å². The van der Waals surface area contributed by atoms with Crippen LogP contribution in [-0.2, 0) is 15.1 Å². The molecule has 9 nitrogen and oxygen atoms in total. The van der Waals surface area contributed by atoms with Crippen LogP contribution in [0.15, 0.2) is 23.6 Å². The van der Waals surface area contributed by atoms with Crippen LogP contribution in [0, 0.1) is 5.92 Å². The van der Waals surface area contributed by atoms with Crippen molar-refractivity contribution >= 4 is 28.3 Å². The summed E-state index contributed by atoms with van der Waals surface area (Å²) < 4.78 is 11.3. The van der Waals surface area contributed by atoms with Crippen LogP contribution in [0.4, 0.5) is 0 Å². The molecule has 1 aliphatic carbocycles. The summed E-state index contributed by atoms with van der Waals surface area (Å²) in [5.74, 6) is 0.494. The maximum Gasteiger partial charge on any atom is 0.225 e. The van der Waals surface area contributed by atoms with Gasteiger partial charge in [0.25, 0.3) is 0 Å². The molecule has 2 aromatic heterocycles. The van der Waals surface area contributed by atoms with Crippen LogP contribution >= 0.6 is 11.6 Å². The highest BCUT2D eigenvalue weighted by Gasteiger charge is 2.37. The third-order valence-corrected chi connectivity index (χ3v) is 5.34. The van der Waals surface area contributed by atoms with Crippen LogP contribution in [0.2, 0.25) is 5.15 Å². The number of methoxy groups -OCH3 is 1. The number of amides is 1. The highest BCUT2D eigenvalue weighted by Crippen LogP contribution is 2.38. The fourth-order valence-electron chi connectivity index (χ4n) is 3.54. The number of carbonyl (C=O) groups is 1. The lowest BCUT2D eigenvalue weighted by atomic mass is 9.81. The number of fused-ring (bicyclic) bond motifs is 1. The van der Waals surface area contributed by atoms with E-state index < -0.39 is 5.54 Å². The molecule has 0 radical (unpaired) electrons. The van der Waals surface area contributed by atoms with E-state index in [1.807, 2.05) is 0 Å². The first kappa shape index (κ1) is 21.1. The van der Waals surface area contributed by atoms with Gasteiger partial charge in [-0.25, -0.2) is 9.97 Å². The van der Waals surface area contributed by atoms with Crippen molar-refractivity contribution in [3.05, 3.63) is 39.6 Å². The molecule has 10 heteroatoms. The molecule has 2 heterocycles. The van der Waals surface area contributed by atoms with Gasteiger partial charge in [0.05, 0.1) is 17.5 Å². The van der Waals surface area contributed by atoms with Crippen molar-refractivity contribution in [3.63, 3.8) is 0 Å². The van der Waals surface area contributed by atoms with Crippen LogP contribution in [-0.4, -0.2) is 54.7 Å². The van der Waals surface area contributed by atoms with E-state index in [0.717, 1.165) is 5.39 Å². The number of carbonyl (C=O) groups excluding carboxylic acids is 1. The normalized spacial score (nSPS) is 20.3. The lowest BCUT2D eigenvalue weighted by Gasteiger charge is -2.35. The van der Waals surface area contributed by atoms with Crippen molar-refractivity contribution in [2.75, 3.05) is 27.8 Å². The summed E-state index contributed by atoms with van der Waals surface area (Å²) >= 11 is 6.13. The minimum absolute atomic E-state index is 0.0249. The fourth-order valence-corrected chi connectivity index (χ4v) is 3.69. The lowest BCUT2D eigenvalue weighted by molar-refractivity contribution is -0.138. The molecule has 0 bridgehead atoms. The second kappa shape index (κ2) is 8.41. The largest absolute Gasteiger partial charge is 0.474 e. The molecule has 0 spiro atoms. The quantitative estimate of drug-likeness (QED) is 0.294. The third-order valence-electron chi connectivity index (χ3n) is 5.14. The molecule has 1 fully saturated rings. The predicted octanol–water partition coefficient (Wildman–Crippen LogP) is 3.70. The van der Waals surface area contributed by atoms with Crippen LogP contribution in [0.25, 0.3) is 21.2 Å². The minimum atomic E-state index is -0.975. The molecule has 2 aromatic rings. The highest BCUT2D eigenvalue weighted by atomic mass is 35.5. The van der Waals surface area contributed by atoms with E-state index in [2.05, 4.69) is 20.0 Å². The number of ether oxygens (including phenoxy) is 2. The van der Waals surface area contributed by atoms with Crippen LogP contribution < -0.4 is 4.74 Å². The highest BCUT2D eigenvalue weighted by molar-refractivity contribution is 6.30. The molecule has 154 valence electrons. The Morgan fingerprint density at radius 3 is 2.72 bits per heavy atom. The molecule has 1 amide bonds. The summed E-state index contributed by atoms with van der Waals surface area (Å²) in [4.78, 5) is 25.2. The number of hydrogen-bond donors (Lipinski definition) is 0. The first-order valence-corrected chi connectivity index (χ1v) is 9.54. The van der Waals surface area contributed by atoms with Crippen molar-refractivity contribution in [1.82, 2.24) is 14.9 Å². The van der Waals surface area contributed by atoms with Crippen LogP contribution in [0.5, 0.6) is 5.88 Å². The van der Waals surface area contributed by atoms with Gasteiger partial charge < -0.3 is 14.4 Å². The van der Waals surface area contributed by atoms with E-state index in [-0.39, 0.29) is 24.5 Å². The number of aromatic nitrogens is 2. The van der Waals surface area contributed by atoms with Gasteiger partial charge in [-0.15, -0.1) is 0 Å². The van der Waals surface area contributed by atoms with E-state index in [1.54, 1.807) is 44.4 Å². The zero-order chi connectivity index (χ0) is 21.2. The predicted molar refractivity (Wildman–Crippen MR) is 109 cm³/mol. The van der Waals surface area contributed by atoms with Gasteiger partial charge in [-0.05, 0) is 42.3 Å². The molecular weight excluding hydrogens is 396 g/mol. The van der Waals surface area contributed by atoms with Crippen molar-refractivity contribution in [2.45, 2.75) is 31.4 Å². The summed E-state index contributed by atoms with van der Waals surface area (Å²) in [5.41, 5.74) is 8.72. The number of nitrogens with zero attached hydrogens (tertiary/aromatic N) is 6. The van der Waals surface area contributed by atoms with Gasteiger partial charge in [0, 0.05) is 44.4 Å². The topological polar surface area (TPSA) is 113 Å². The molecule has 0 saturated heterocycles. The second-order valence-corrected chi connectivity index (χ2v) is 7.95. The molecule has 0 aromatic carbocycles. The Hall–Kier alpha value is -2.61. The monoisotopic (exact) mass is 418 g/mol. The second-order valence-electron chi connectivity index (χ2n) is 7.57. The van der Waals surface area contributed by atoms with E-state index >= 15 is 0 Å². The minimum Gasteiger partial charge on any atom is -0.474 e. The molecule has 0 N–H and O–H groups in total. The Bertz CT molecular complexity index is 972. The average molecular weight is 419 g/mol. The number of halogens is 1. The molecular formula is C19H23ClN6O3. The average Bonchev–Trinajstić information content (AvgIpc) is 2.63. The summed E-state index contributed by atoms with van der Waals surface area (Å²) in [6.45, 7) is 1.94. The zero-order valence-corrected chi connectivity index (χ0v) is 17.5. The summed E-state index contributed by atoms with van der Waals surface area (Å²) in [6, 6.07) is 1.70. The molecule has 0 aliphatic heterocycles. The lowest BCUT2D eigenvalue weighted by Crippen LogP contribution is -2.43. The van der Waals surface area contributed by atoms with Crippen LogP contribution in [0.1, 0.15) is 25.3 Å². The van der Waals surface area contributed by atoms with Gasteiger partial charge in [0.15, 0.2) is 0 Å². The first-order chi connectivity index (χ1) is 13.8. The van der Waals surface area contributed by atoms with E-state index in [4.69, 9.17) is 26.6 Å². The van der Waals surface area contributed by atoms with Crippen molar-refractivity contribution in [2.24, 2.45) is 11.0 Å². The number of pyridine rings is 2. The zero-order valence-electron chi connectivity index (χ0n) is 16.8. The van der Waals surface area contributed by atoms with Gasteiger partial charge in [-0.1, -0.05) is 16.7 Å². The smallest absolute Gasteiger partial charge is 0.225 e. The Morgan fingerprint density at radius 1 is 1.38 bits per heavy atom. The maximum atomic E-state index is 12.0. The Balaban J connectivity index is 1.94. The Morgan fingerprint density at radius 2 is 2.10 bits per heavy atom. The van der Waals surface area contributed by atoms with E-state index in [0.29, 0.717) is 34.8 Å². The van der Waals surface area contributed by atoms with Crippen molar-refractivity contribution in [1.29, 1.82) is 0 Å². The van der Waals surface area contributed by atoms with Gasteiger partial charge in [0.1, 0.15) is 11.3 Å². The molecule has 1 saturated carbocycles. The number of rotatable bonds is 7. The van der Waals surface area contributed by atoms with E-state index in [1.165, 1.54) is 7.11 Å². The fraction of sp³-hybridized carbons (Fsp3) is 0.526. The molecule has 0 unspecified atom stereocenters. The third kappa shape index (κ3) is 4.22. The molecule has 1 aliphatic rings. The molecule has 3 rings (SSSR count). The number of azide groups is 1. The van der Waals surface area contributed by atoms with Gasteiger partial charge in [0.2, 0.25) is 11.8 Å². The maximum absolute atomic E-state index is 12.0. The Kier molecular flexibility index (Phi) is 6.12. The van der Waals surface area contributed by atoms with E-state index in [9.17, 15) is 4.79 Å². The van der Waals surface area contributed by atoms with Crippen molar-refractivity contribution < 1.29 is 14.3 Å². The van der Waals surface area contributed by atoms with Gasteiger partial charge in [-0.3, -0.25) is 4.79 Å². The molecule has 1 atom stereocenters. The van der Waals surface area contributed by atoms with Gasteiger partial charge >= 0.3 is 0 Å². The number of hydrogen-bond acceptors (Lipinski definition) is 6. The van der Waals surface area contributed by atoms with Gasteiger partial charge in [-0.2, -0.15) is 0 Å². The molecule has 29 heavy (non-hydrogen) atoms. The SMILES string of the molecule is COC[C@@](C)(N=[N+]=[N-])c1cnc(OC2CC(C(=O)N(C)C)C2)c2cnc(Cl)cc12. The summed E-state index contributed by atoms with van der Waals surface area (Å²) in [7, 11) is 5.04. The standard InChI is InChI=1S/C19H23ClN6O3/c1-19(10-28-4,24-25-21)15-9-23-17(14-8-22-16(20)7-13(14)15)29-12-5-11(6-12)18(27)26(2)3/h7-9,11-12H,5-6,10H2,1-4H3/t11?,12?,19-/m1/s1.